The first-order chi connectivity index (χ1) is 31.9. The van der Waals surface area contributed by atoms with Crippen LogP contribution in [-0.2, 0) is 0 Å². The Morgan fingerprint density at radius 2 is 0.864 bits per heavy atom. The highest BCUT2D eigenvalue weighted by Gasteiger charge is 2.23. The van der Waals surface area contributed by atoms with E-state index in [4.69, 9.17) is 18.3 Å². The first-order valence-electron chi connectivity index (χ1n) is 20.3. The number of methoxy groups -OCH3 is 2. The molecule has 2 aromatic heterocycles. The van der Waals surface area contributed by atoms with Crippen molar-refractivity contribution in [3.8, 4) is 45.3 Å². The monoisotopic (exact) mass is 880 g/mol. The Hall–Kier alpha value is -8.90. The molecule has 0 spiro atoms. The van der Waals surface area contributed by atoms with E-state index in [-0.39, 0.29) is 77.6 Å². The van der Waals surface area contributed by atoms with Gasteiger partial charge in [-0.25, -0.2) is 8.78 Å². The van der Waals surface area contributed by atoms with Crippen molar-refractivity contribution in [1.82, 2.24) is 0 Å². The second-order valence-corrected chi connectivity index (χ2v) is 15.1. The lowest BCUT2D eigenvalue weighted by Crippen LogP contribution is -2.08. The summed E-state index contributed by atoms with van der Waals surface area (Å²) in [5.41, 5.74) is 3.10. The molecule has 0 radical (unpaired) electrons. The quantitative estimate of drug-likeness (QED) is 0.111. The highest BCUT2D eigenvalue weighted by Crippen LogP contribution is 2.36. The zero-order chi connectivity index (χ0) is 46.2. The van der Waals surface area contributed by atoms with E-state index in [1.807, 2.05) is 60.7 Å². The van der Waals surface area contributed by atoms with Gasteiger partial charge in [-0.3, -0.25) is 19.2 Å². The third-order valence-corrected chi connectivity index (χ3v) is 11.1. The van der Waals surface area contributed by atoms with E-state index in [0.29, 0.717) is 22.6 Å². The van der Waals surface area contributed by atoms with Gasteiger partial charge in [0.1, 0.15) is 57.0 Å². The maximum atomic E-state index is 13.8. The number of hydrogen-bond donors (Lipinski definition) is 2. The van der Waals surface area contributed by atoms with Gasteiger partial charge in [-0.2, -0.15) is 0 Å². The molecule has 0 bridgehead atoms. The molecule has 0 aliphatic rings. The van der Waals surface area contributed by atoms with E-state index >= 15 is 0 Å². The lowest BCUT2D eigenvalue weighted by molar-refractivity contribution is 0.102. The Balaban J connectivity index is 0.000000166. The minimum atomic E-state index is -0.564. The molecule has 12 heteroatoms. The zero-order valence-electron chi connectivity index (χ0n) is 34.9. The van der Waals surface area contributed by atoms with Gasteiger partial charge in [0.25, 0.3) is 0 Å². The van der Waals surface area contributed by atoms with Crippen LogP contribution in [0.5, 0.6) is 23.0 Å². The average molecular weight is 881 g/mol. The molecule has 324 valence electrons. The molecule has 0 fully saturated rings. The summed E-state index contributed by atoms with van der Waals surface area (Å²) in [7, 11) is 2.92. The number of rotatable bonds is 8. The number of ether oxygens (including phenoxy) is 2. The van der Waals surface area contributed by atoms with Gasteiger partial charge < -0.3 is 28.5 Å². The van der Waals surface area contributed by atoms with E-state index in [0.717, 1.165) is 23.3 Å². The summed E-state index contributed by atoms with van der Waals surface area (Å²) in [5.74, 6) is -1.74. The number of hydrogen-bond acceptors (Lipinski definition) is 10. The maximum absolute atomic E-state index is 13.8. The number of benzene rings is 8. The normalized spacial score (nSPS) is 11.1. The number of halogens is 2. The Morgan fingerprint density at radius 3 is 1.24 bits per heavy atom. The molecule has 10 nitrogen and oxygen atoms in total. The van der Waals surface area contributed by atoms with Crippen LogP contribution in [0.3, 0.4) is 0 Å². The summed E-state index contributed by atoms with van der Waals surface area (Å²) in [5, 5.41) is 21.0. The summed E-state index contributed by atoms with van der Waals surface area (Å²) in [4.78, 5) is 53.4. The molecule has 10 aromatic rings. The van der Waals surface area contributed by atoms with E-state index in [1.165, 1.54) is 87.0 Å². The first kappa shape index (κ1) is 42.4. The summed E-state index contributed by atoms with van der Waals surface area (Å²) < 4.78 is 50.1. The molecular weight excluding hydrogens is 847 g/mol. The number of ketones is 2. The summed E-state index contributed by atoms with van der Waals surface area (Å²) in [6.07, 6.45) is 0. The molecule has 2 heterocycles. The van der Waals surface area contributed by atoms with Gasteiger partial charge in [-0.1, -0.05) is 60.7 Å². The predicted octanol–water partition coefficient (Wildman–Crippen LogP) is 11.4. The molecule has 0 aliphatic carbocycles. The van der Waals surface area contributed by atoms with E-state index in [9.17, 15) is 38.2 Å². The molecule has 2 N–H and O–H groups in total. The Bertz CT molecular complexity index is 3450. The zero-order valence-corrected chi connectivity index (χ0v) is 34.9. The molecule has 0 amide bonds. The van der Waals surface area contributed by atoms with E-state index in [2.05, 4.69) is 0 Å². The third-order valence-electron chi connectivity index (χ3n) is 11.1. The Labute approximate surface area is 372 Å². The van der Waals surface area contributed by atoms with Crippen molar-refractivity contribution in [3.05, 3.63) is 212 Å². The maximum Gasteiger partial charge on any atom is 0.200 e. The minimum Gasteiger partial charge on any atom is -0.507 e. The molecule has 0 atom stereocenters. The van der Waals surface area contributed by atoms with Crippen LogP contribution in [0.25, 0.3) is 66.1 Å². The van der Waals surface area contributed by atoms with Gasteiger partial charge in [0.2, 0.25) is 10.9 Å². The van der Waals surface area contributed by atoms with Crippen LogP contribution in [0, 0.1) is 11.6 Å². The van der Waals surface area contributed by atoms with E-state index in [1.54, 1.807) is 12.1 Å². The van der Waals surface area contributed by atoms with Gasteiger partial charge in [-0.15, -0.1) is 0 Å². The minimum absolute atomic E-state index is 0.0314. The lowest BCUT2D eigenvalue weighted by atomic mass is 9.94. The summed E-state index contributed by atoms with van der Waals surface area (Å²) in [6, 6.07) is 40.6. The van der Waals surface area contributed by atoms with Crippen LogP contribution < -0.4 is 20.3 Å². The van der Waals surface area contributed by atoms with Crippen molar-refractivity contribution in [2.24, 2.45) is 0 Å². The Kier molecular flexibility index (Phi) is 11.1. The van der Waals surface area contributed by atoms with Gasteiger partial charge in [0.05, 0.1) is 46.9 Å². The number of phenols is 2. The van der Waals surface area contributed by atoms with Crippen molar-refractivity contribution >= 4 is 55.4 Å². The van der Waals surface area contributed by atoms with Gasteiger partial charge in [0.15, 0.2) is 11.6 Å². The fourth-order valence-corrected chi connectivity index (χ4v) is 7.75. The van der Waals surface area contributed by atoms with Crippen LogP contribution in [-0.4, -0.2) is 36.0 Å². The van der Waals surface area contributed by atoms with Crippen LogP contribution >= 0.6 is 0 Å². The molecule has 66 heavy (non-hydrogen) atoms. The fraction of sp³-hybridized carbons (Fsp3) is 0.0370. The van der Waals surface area contributed by atoms with E-state index < -0.39 is 34.1 Å². The first-order valence-corrected chi connectivity index (χ1v) is 20.3. The van der Waals surface area contributed by atoms with Gasteiger partial charge in [-0.05, 0) is 108 Å². The summed E-state index contributed by atoms with van der Waals surface area (Å²) >= 11 is 0. The topological polar surface area (TPSA) is 153 Å². The standard InChI is InChI=1S/2C27H17FO5/c2*1-32-18-8-9-23(29)20(14-18)25(30)16-11-19(15-5-3-2-4-6-15)27-22(12-16)26(31)21-13-17(28)7-10-24(21)33-27/h2*2-14,29H,1H3. The fourth-order valence-electron chi connectivity index (χ4n) is 7.75. The molecule has 10 rings (SSSR count). The van der Waals surface area contributed by atoms with Crippen LogP contribution in [0.1, 0.15) is 31.8 Å². The largest absolute Gasteiger partial charge is 0.507 e. The van der Waals surface area contributed by atoms with Crippen LogP contribution in [0.2, 0.25) is 0 Å². The van der Waals surface area contributed by atoms with Crippen LogP contribution in [0.4, 0.5) is 8.78 Å². The van der Waals surface area contributed by atoms with Gasteiger partial charge >= 0.3 is 0 Å². The molecule has 0 unspecified atom stereocenters. The Morgan fingerprint density at radius 1 is 0.470 bits per heavy atom. The highest BCUT2D eigenvalue weighted by atomic mass is 19.1. The average Bonchev–Trinajstić information content (AvgIpc) is 3.34. The SMILES string of the molecule is COc1ccc(O)c(C(=O)c2cc(-c3ccccc3)c3oc4ccc(F)cc4c(=O)c3c2)c1.COc1ccc(O)c(C(=O)c2cc(-c3ccccc3)c3oc4ccc(F)cc4c(=O)c3c2)c1. The number of fused-ring (bicyclic) bond motifs is 4. The van der Waals surface area contributed by atoms with Crippen molar-refractivity contribution < 1.29 is 46.9 Å². The van der Waals surface area contributed by atoms with Crippen molar-refractivity contribution in [2.75, 3.05) is 14.2 Å². The molecule has 0 aliphatic heterocycles. The molecule has 0 saturated carbocycles. The second-order valence-electron chi connectivity index (χ2n) is 15.1. The number of aromatic hydroxyl groups is 2. The highest BCUT2D eigenvalue weighted by molar-refractivity contribution is 6.15. The van der Waals surface area contributed by atoms with Crippen molar-refractivity contribution in [2.45, 2.75) is 0 Å². The van der Waals surface area contributed by atoms with Crippen molar-refractivity contribution in [3.63, 3.8) is 0 Å². The molecular formula is C54H34F2O10. The smallest absolute Gasteiger partial charge is 0.200 e. The number of phenolic OH excluding ortho intramolecular Hbond substituents is 2. The van der Waals surface area contributed by atoms with Gasteiger partial charge in [0, 0.05) is 22.3 Å². The molecule has 8 aromatic carbocycles. The lowest BCUT2D eigenvalue weighted by Gasteiger charge is -2.12. The summed E-state index contributed by atoms with van der Waals surface area (Å²) in [6.45, 7) is 0. The number of carbonyl (C=O) groups is 2. The number of carbonyl (C=O) groups excluding carboxylic acids is 2. The molecule has 0 saturated heterocycles. The third kappa shape index (κ3) is 7.88. The van der Waals surface area contributed by atoms with Crippen molar-refractivity contribution in [1.29, 1.82) is 0 Å². The predicted molar refractivity (Wildman–Crippen MR) is 247 cm³/mol. The van der Waals surface area contributed by atoms with Crippen LogP contribution in [0.15, 0.2) is 176 Å². The second kappa shape index (κ2) is 17.3.